The number of fused-ring (bicyclic) bond motifs is 1. The summed E-state index contributed by atoms with van der Waals surface area (Å²) in [7, 11) is 0. The lowest BCUT2D eigenvalue weighted by Crippen LogP contribution is -2.13. The molecule has 6 heteroatoms. The minimum atomic E-state index is -0.359. The Morgan fingerprint density at radius 1 is 0.923 bits per heavy atom. The first-order valence-electron chi connectivity index (χ1n) is 7.92. The Hall–Kier alpha value is -2.82. The normalized spacial score (nSPS) is 10.8. The Morgan fingerprint density at radius 3 is 2.42 bits per heavy atom. The van der Waals surface area contributed by atoms with E-state index in [1.165, 1.54) is 0 Å². The Morgan fingerprint density at radius 2 is 1.65 bits per heavy atom. The third kappa shape index (κ3) is 3.17. The van der Waals surface area contributed by atoms with Crippen LogP contribution in [0.5, 0.6) is 0 Å². The summed E-state index contributed by atoms with van der Waals surface area (Å²) in [6.07, 6.45) is 0. The summed E-state index contributed by atoms with van der Waals surface area (Å²) in [6, 6.07) is 20.2. The Bertz CT molecular complexity index is 1070. The summed E-state index contributed by atoms with van der Waals surface area (Å²) in [5.74, 6) is 0.375. The number of imidazole rings is 1. The number of H-pyrrole nitrogens is 1. The molecule has 0 radical (unpaired) electrons. The van der Waals surface area contributed by atoms with Crippen LogP contribution in [0.4, 0.5) is 5.69 Å². The van der Waals surface area contributed by atoms with Crippen LogP contribution in [0.15, 0.2) is 66.7 Å². The van der Waals surface area contributed by atoms with Crippen molar-refractivity contribution in [2.75, 3.05) is 5.32 Å². The number of nitrogens with one attached hydrogen (secondary N) is 2. The number of hydrogen-bond donors (Lipinski definition) is 2. The molecule has 26 heavy (non-hydrogen) atoms. The molecule has 0 saturated carbocycles. The molecule has 3 aromatic carbocycles. The van der Waals surface area contributed by atoms with E-state index < -0.39 is 0 Å². The fourth-order valence-corrected chi connectivity index (χ4v) is 3.31. The van der Waals surface area contributed by atoms with Crippen molar-refractivity contribution in [2.24, 2.45) is 0 Å². The maximum atomic E-state index is 12.5. The van der Waals surface area contributed by atoms with Crippen molar-refractivity contribution in [3.05, 3.63) is 82.3 Å². The molecule has 0 atom stereocenters. The Kier molecular flexibility index (Phi) is 4.37. The van der Waals surface area contributed by atoms with Gasteiger partial charge < -0.3 is 10.3 Å². The van der Waals surface area contributed by atoms with Crippen molar-refractivity contribution in [2.45, 2.75) is 0 Å². The number of aromatic amines is 1. The molecule has 0 spiro atoms. The molecule has 1 amide bonds. The fourth-order valence-electron chi connectivity index (χ4n) is 2.74. The van der Waals surface area contributed by atoms with Crippen LogP contribution in [0.2, 0.25) is 10.0 Å². The average molecular weight is 382 g/mol. The van der Waals surface area contributed by atoms with Gasteiger partial charge in [0.05, 0.1) is 26.6 Å². The van der Waals surface area contributed by atoms with Crippen LogP contribution in [0.25, 0.3) is 22.4 Å². The van der Waals surface area contributed by atoms with E-state index in [4.69, 9.17) is 23.2 Å². The van der Waals surface area contributed by atoms with Gasteiger partial charge in [-0.05, 0) is 36.4 Å². The van der Waals surface area contributed by atoms with Crippen LogP contribution in [0.1, 0.15) is 10.4 Å². The van der Waals surface area contributed by atoms with Gasteiger partial charge in [-0.1, -0.05) is 53.5 Å². The zero-order valence-corrected chi connectivity index (χ0v) is 15.0. The monoisotopic (exact) mass is 381 g/mol. The first kappa shape index (κ1) is 16.6. The fraction of sp³-hybridized carbons (Fsp3) is 0. The van der Waals surface area contributed by atoms with Crippen molar-refractivity contribution in [1.82, 2.24) is 9.97 Å². The standard InChI is InChI=1S/C20H13Cl2N3O/c21-14-7-4-8-15(22)18(14)20(26)23-13-6-3-5-12(11-13)19-24-16-9-1-2-10-17(16)25-19/h1-11H,(H,23,26)(H,24,25). The number of aromatic nitrogens is 2. The number of benzene rings is 3. The van der Waals surface area contributed by atoms with Crippen LogP contribution < -0.4 is 5.32 Å². The highest BCUT2D eigenvalue weighted by Gasteiger charge is 2.15. The number of carbonyl (C=O) groups excluding carboxylic acids is 1. The summed E-state index contributed by atoms with van der Waals surface area (Å²) in [5.41, 5.74) is 3.60. The predicted octanol–water partition coefficient (Wildman–Crippen LogP) is 5.79. The third-order valence-electron chi connectivity index (χ3n) is 3.97. The number of carbonyl (C=O) groups is 1. The van der Waals surface area contributed by atoms with Crippen LogP contribution in [-0.4, -0.2) is 15.9 Å². The SMILES string of the molecule is O=C(Nc1cccc(-c2nc3ccccc3[nH]2)c1)c1c(Cl)cccc1Cl. The molecule has 0 saturated heterocycles. The molecule has 4 rings (SSSR count). The van der Waals surface area contributed by atoms with Crippen molar-refractivity contribution in [3.63, 3.8) is 0 Å². The van der Waals surface area contributed by atoms with E-state index in [0.717, 1.165) is 22.4 Å². The molecule has 4 nitrogen and oxygen atoms in total. The second-order valence-electron chi connectivity index (χ2n) is 5.73. The van der Waals surface area contributed by atoms with Gasteiger partial charge >= 0.3 is 0 Å². The highest BCUT2D eigenvalue weighted by molar-refractivity contribution is 6.40. The molecule has 0 aliphatic heterocycles. The van der Waals surface area contributed by atoms with Gasteiger partial charge in [-0.3, -0.25) is 4.79 Å². The van der Waals surface area contributed by atoms with Gasteiger partial charge in [0.2, 0.25) is 0 Å². The van der Waals surface area contributed by atoms with Gasteiger partial charge in [0, 0.05) is 11.3 Å². The number of halogens is 2. The quantitative estimate of drug-likeness (QED) is 0.471. The van der Waals surface area contributed by atoms with E-state index in [0.29, 0.717) is 15.7 Å². The lowest BCUT2D eigenvalue weighted by atomic mass is 10.1. The molecule has 4 aromatic rings. The minimum Gasteiger partial charge on any atom is -0.338 e. The van der Waals surface area contributed by atoms with E-state index in [-0.39, 0.29) is 11.5 Å². The van der Waals surface area contributed by atoms with E-state index in [1.54, 1.807) is 24.3 Å². The molecule has 0 aliphatic carbocycles. The largest absolute Gasteiger partial charge is 0.338 e. The molecule has 0 bridgehead atoms. The zero-order chi connectivity index (χ0) is 18.1. The molecular weight excluding hydrogens is 369 g/mol. The van der Waals surface area contributed by atoms with E-state index in [9.17, 15) is 4.79 Å². The van der Waals surface area contributed by atoms with Gasteiger partial charge in [-0.2, -0.15) is 0 Å². The third-order valence-corrected chi connectivity index (χ3v) is 4.60. The van der Waals surface area contributed by atoms with Gasteiger partial charge in [-0.25, -0.2) is 4.98 Å². The van der Waals surface area contributed by atoms with E-state index >= 15 is 0 Å². The minimum absolute atomic E-state index is 0.255. The number of amides is 1. The van der Waals surface area contributed by atoms with Crippen LogP contribution >= 0.6 is 23.2 Å². The van der Waals surface area contributed by atoms with Gasteiger partial charge in [0.1, 0.15) is 5.82 Å². The second kappa shape index (κ2) is 6.83. The summed E-state index contributed by atoms with van der Waals surface area (Å²) in [5, 5.41) is 3.45. The Balaban J connectivity index is 1.64. The lowest BCUT2D eigenvalue weighted by Gasteiger charge is -2.09. The number of hydrogen-bond acceptors (Lipinski definition) is 2. The van der Waals surface area contributed by atoms with Crippen molar-refractivity contribution < 1.29 is 4.79 Å². The highest BCUT2D eigenvalue weighted by Crippen LogP contribution is 2.27. The zero-order valence-electron chi connectivity index (χ0n) is 13.5. The number of para-hydroxylation sites is 2. The summed E-state index contributed by atoms with van der Waals surface area (Å²) >= 11 is 12.2. The molecular formula is C20H13Cl2N3O. The van der Waals surface area contributed by atoms with Gasteiger partial charge in [-0.15, -0.1) is 0 Å². The number of nitrogens with zero attached hydrogens (tertiary/aromatic N) is 1. The maximum Gasteiger partial charge on any atom is 0.258 e. The summed E-state index contributed by atoms with van der Waals surface area (Å²) < 4.78 is 0. The van der Waals surface area contributed by atoms with Crippen molar-refractivity contribution in [1.29, 1.82) is 0 Å². The van der Waals surface area contributed by atoms with Crippen molar-refractivity contribution in [3.8, 4) is 11.4 Å². The van der Waals surface area contributed by atoms with Crippen LogP contribution in [-0.2, 0) is 0 Å². The summed E-state index contributed by atoms with van der Waals surface area (Å²) in [6.45, 7) is 0. The van der Waals surface area contributed by atoms with Gasteiger partial charge in [0.25, 0.3) is 5.91 Å². The smallest absolute Gasteiger partial charge is 0.258 e. The van der Waals surface area contributed by atoms with E-state index in [2.05, 4.69) is 15.3 Å². The molecule has 0 fully saturated rings. The maximum absolute atomic E-state index is 12.5. The topological polar surface area (TPSA) is 57.8 Å². The molecule has 0 unspecified atom stereocenters. The molecule has 1 heterocycles. The highest BCUT2D eigenvalue weighted by atomic mass is 35.5. The second-order valence-corrected chi connectivity index (χ2v) is 6.55. The molecule has 0 aliphatic rings. The van der Waals surface area contributed by atoms with Crippen LogP contribution in [0.3, 0.4) is 0 Å². The van der Waals surface area contributed by atoms with Gasteiger partial charge in [0.15, 0.2) is 0 Å². The first-order chi connectivity index (χ1) is 12.6. The van der Waals surface area contributed by atoms with E-state index in [1.807, 2.05) is 42.5 Å². The number of rotatable bonds is 3. The summed E-state index contributed by atoms with van der Waals surface area (Å²) in [4.78, 5) is 20.4. The van der Waals surface area contributed by atoms with Crippen molar-refractivity contribution >= 4 is 45.8 Å². The van der Waals surface area contributed by atoms with Crippen LogP contribution in [0, 0.1) is 0 Å². The lowest BCUT2D eigenvalue weighted by molar-refractivity contribution is 0.102. The Labute approximate surface area is 159 Å². The predicted molar refractivity (Wildman–Crippen MR) is 106 cm³/mol. The molecule has 128 valence electrons. The first-order valence-corrected chi connectivity index (χ1v) is 8.68. The molecule has 1 aromatic heterocycles. The average Bonchev–Trinajstić information content (AvgIpc) is 3.06. The number of anilines is 1. The molecule has 2 N–H and O–H groups in total.